The number of fused-ring (bicyclic) bond motifs is 16. The monoisotopic (exact) mass is 1500 g/mol. The highest BCUT2D eigenvalue weighted by molar-refractivity contribution is 7.26. The van der Waals surface area contributed by atoms with Gasteiger partial charge in [-0.25, -0.2) is 0 Å². The van der Waals surface area contributed by atoms with Gasteiger partial charge in [0.25, 0.3) is 0 Å². The minimum atomic E-state index is -1.79. The molecule has 0 unspecified atom stereocenters. The molecule has 2 aromatic heterocycles. The third-order valence-electron chi connectivity index (χ3n) is 24.1. The Morgan fingerprint density at radius 2 is 0.500 bits per heavy atom. The highest BCUT2D eigenvalue weighted by Gasteiger charge is 2.39. The van der Waals surface area contributed by atoms with E-state index >= 15 is 0 Å². The normalized spacial score (nSPS) is 12.3. The molecule has 1 aliphatic rings. The Kier molecular flexibility index (Phi) is 16.9. The summed E-state index contributed by atoms with van der Waals surface area (Å²) in [7, 11) is -1.79. The van der Waals surface area contributed by atoms with Crippen molar-refractivity contribution in [2.45, 2.75) is 33.9 Å². The summed E-state index contributed by atoms with van der Waals surface area (Å²) >= 11 is 3.75. The molecule has 1 aliphatic heterocycles. The van der Waals surface area contributed by atoms with Crippen molar-refractivity contribution in [3.63, 3.8) is 0 Å². The van der Waals surface area contributed by atoms with Crippen LogP contribution in [-0.2, 0) is 0 Å². The molecular formula is C111H78S2Si. The van der Waals surface area contributed by atoms with Gasteiger partial charge in [-0.15, -0.1) is 22.7 Å². The summed E-state index contributed by atoms with van der Waals surface area (Å²) in [6.07, 6.45) is 0. The van der Waals surface area contributed by atoms with Crippen molar-refractivity contribution in [3.05, 3.63) is 399 Å². The third-order valence-corrected chi connectivity index (χ3v) is 30.0. The predicted molar refractivity (Wildman–Crippen MR) is 502 cm³/mol. The van der Waals surface area contributed by atoms with Gasteiger partial charge < -0.3 is 0 Å². The van der Waals surface area contributed by atoms with Crippen molar-refractivity contribution in [1.29, 1.82) is 0 Å². The van der Waals surface area contributed by atoms with Gasteiger partial charge >= 0.3 is 0 Å². The summed E-state index contributed by atoms with van der Waals surface area (Å²) in [5.41, 5.74) is 24.8. The molecular weight excluding hydrogens is 1430 g/mol. The Balaban J connectivity index is 0.000000108. The topological polar surface area (TPSA) is 0 Å². The molecule has 114 heavy (non-hydrogen) atoms. The van der Waals surface area contributed by atoms with Crippen molar-refractivity contribution < 1.29 is 0 Å². The Bertz CT molecular complexity index is 7650. The standard InChI is InChI=1S/C41H32Si.C37H24S.C33H22S/c1-27-20-25-33-36(26-27)40(35-17-11-19-38-41(35)34-16-9-10-18-37(34)42(38,2)3)32-15-8-7-14-31(32)39(33)30-23-21-29(22-24-30)28-12-5-4-6-13-28;1-23-14-18-31-33(20-23)37(27-17-19-35-32(22-27)28-10-6-7-13-34(28)38-35)30-12-5-4-11-29(30)36(31)26-16-15-24-8-2-3-9-25(24)21-26;1-21-15-17-27-29(19-21)33(23-16-18-31-28(20-23)24-11-7-8-14-30(24)34-31)26-13-6-5-12-25(26)32(27)22-9-3-2-4-10-22/h4-26H,1-3H3;2-22H,1H3;2-20H,1H3. The van der Waals surface area contributed by atoms with Crippen molar-refractivity contribution in [3.8, 4) is 89.0 Å². The number of hydrogen-bond donors (Lipinski definition) is 0. The zero-order chi connectivity index (χ0) is 76.3. The van der Waals surface area contributed by atoms with E-state index in [1.165, 1.54) is 221 Å². The van der Waals surface area contributed by atoms with Gasteiger partial charge in [0.2, 0.25) is 0 Å². The van der Waals surface area contributed by atoms with Crippen LogP contribution in [0.4, 0.5) is 0 Å². The third kappa shape index (κ3) is 11.6. The maximum atomic E-state index is 2.50. The van der Waals surface area contributed by atoms with Crippen LogP contribution in [0.2, 0.25) is 13.1 Å². The van der Waals surface area contributed by atoms with E-state index in [9.17, 15) is 0 Å². The van der Waals surface area contributed by atoms with Gasteiger partial charge in [-0.2, -0.15) is 0 Å². The highest BCUT2D eigenvalue weighted by atomic mass is 32.1. The van der Waals surface area contributed by atoms with Crippen LogP contribution in [0, 0.1) is 20.8 Å². The molecule has 22 aromatic rings. The fraction of sp³-hybridized carbons (Fsp3) is 0.0450. The number of hydrogen-bond acceptors (Lipinski definition) is 2. The van der Waals surface area contributed by atoms with Gasteiger partial charge in [0.05, 0.1) is 0 Å². The fourth-order valence-corrected chi connectivity index (χ4v) is 24.1. The summed E-state index contributed by atoms with van der Waals surface area (Å²) in [5, 5.41) is 26.7. The number of benzene rings is 20. The number of aryl methyl sites for hydroxylation is 3. The van der Waals surface area contributed by atoms with Crippen molar-refractivity contribution in [2.24, 2.45) is 0 Å². The van der Waals surface area contributed by atoms with Crippen LogP contribution in [0.5, 0.6) is 0 Å². The van der Waals surface area contributed by atoms with E-state index in [1.807, 2.05) is 22.7 Å². The molecule has 20 aromatic carbocycles. The van der Waals surface area contributed by atoms with Crippen LogP contribution in [-0.4, -0.2) is 8.07 Å². The fourth-order valence-electron chi connectivity index (χ4n) is 18.9. The van der Waals surface area contributed by atoms with E-state index in [2.05, 4.69) is 416 Å². The molecule has 0 radical (unpaired) electrons. The van der Waals surface area contributed by atoms with Crippen molar-refractivity contribution in [2.75, 3.05) is 0 Å². The second-order valence-corrected chi connectivity index (χ2v) is 37.9. The Hall–Kier alpha value is -13.1. The Labute approximate surface area is 673 Å². The zero-order valence-corrected chi connectivity index (χ0v) is 66.8. The lowest BCUT2D eigenvalue weighted by atomic mass is 9.83. The summed E-state index contributed by atoms with van der Waals surface area (Å²) in [6, 6.07) is 142. The molecule has 0 nitrogen and oxygen atoms in total. The first-order chi connectivity index (χ1) is 56.0. The quantitative estimate of drug-likeness (QED) is 0.110. The average Bonchev–Trinajstić information content (AvgIpc) is 1.35. The van der Waals surface area contributed by atoms with Gasteiger partial charge in [-0.05, 0) is 238 Å². The van der Waals surface area contributed by atoms with Gasteiger partial charge in [0.15, 0.2) is 0 Å². The second-order valence-electron chi connectivity index (χ2n) is 31.4. The molecule has 0 saturated heterocycles. The smallest absolute Gasteiger partial charge is 0.113 e. The molecule has 538 valence electrons. The molecule has 0 bridgehead atoms. The lowest BCUT2D eigenvalue weighted by molar-refractivity contribution is 1.51. The first-order valence-electron chi connectivity index (χ1n) is 39.7. The van der Waals surface area contributed by atoms with E-state index in [0.29, 0.717) is 0 Å². The van der Waals surface area contributed by atoms with E-state index in [4.69, 9.17) is 0 Å². The van der Waals surface area contributed by atoms with Crippen LogP contribution >= 0.6 is 22.7 Å². The zero-order valence-electron chi connectivity index (χ0n) is 64.2. The molecule has 3 heteroatoms. The summed E-state index contributed by atoms with van der Waals surface area (Å²) in [5.74, 6) is 0. The van der Waals surface area contributed by atoms with Crippen LogP contribution in [0.15, 0.2) is 382 Å². The first kappa shape index (κ1) is 68.9. The van der Waals surface area contributed by atoms with Crippen LogP contribution < -0.4 is 10.4 Å². The number of rotatable bonds is 7. The van der Waals surface area contributed by atoms with Gasteiger partial charge in [-0.1, -0.05) is 370 Å². The van der Waals surface area contributed by atoms with Crippen molar-refractivity contribution in [1.82, 2.24) is 0 Å². The highest BCUT2D eigenvalue weighted by Crippen LogP contribution is 2.51. The second kappa shape index (κ2) is 28.0. The first-order valence-corrected chi connectivity index (χ1v) is 44.3. The number of thiophene rings is 2. The van der Waals surface area contributed by atoms with E-state index in [1.54, 1.807) is 10.4 Å². The van der Waals surface area contributed by atoms with Gasteiger partial charge in [0, 0.05) is 40.3 Å². The minimum absolute atomic E-state index is 1.24. The minimum Gasteiger partial charge on any atom is -0.135 e. The summed E-state index contributed by atoms with van der Waals surface area (Å²) < 4.78 is 5.37. The molecule has 0 fully saturated rings. The molecule has 23 rings (SSSR count). The molecule has 0 atom stereocenters. The maximum absolute atomic E-state index is 2.50. The molecule has 0 spiro atoms. The van der Waals surface area contributed by atoms with E-state index in [-0.39, 0.29) is 0 Å². The van der Waals surface area contributed by atoms with Crippen LogP contribution in [0.25, 0.3) is 205 Å². The average molecular weight is 1500 g/mol. The molecule has 3 heterocycles. The SMILES string of the molecule is Cc1ccc2c(-c3ccc(-c4ccccc4)cc3)c3ccccc3c(-c3cccc4c3-c3ccccc3[Si]4(C)C)c2c1.Cc1ccc2c(-c3ccc4ccccc4c3)c3ccccc3c(-c3ccc4sc5ccccc5c4c3)c2c1.Cc1ccc2c(-c3ccccc3)c3ccccc3c(-c3ccc4sc5ccccc5c4c3)c2c1. The lowest BCUT2D eigenvalue weighted by Gasteiger charge is -2.21. The van der Waals surface area contributed by atoms with Gasteiger partial charge in [0.1, 0.15) is 8.07 Å². The summed E-state index contributed by atoms with van der Waals surface area (Å²) in [4.78, 5) is 0. The van der Waals surface area contributed by atoms with E-state index in [0.717, 1.165) is 0 Å². The molecule has 0 N–H and O–H groups in total. The van der Waals surface area contributed by atoms with Gasteiger partial charge in [-0.3, -0.25) is 0 Å². The molecule has 0 saturated carbocycles. The van der Waals surface area contributed by atoms with Crippen molar-refractivity contribution >= 4 is 157 Å². The molecule has 0 aliphatic carbocycles. The predicted octanol–water partition coefficient (Wildman–Crippen LogP) is 31.3. The van der Waals surface area contributed by atoms with Crippen LogP contribution in [0.3, 0.4) is 0 Å². The van der Waals surface area contributed by atoms with E-state index < -0.39 is 8.07 Å². The molecule has 0 amide bonds. The largest absolute Gasteiger partial charge is 0.135 e. The Morgan fingerprint density at radius 3 is 1.02 bits per heavy atom. The summed E-state index contributed by atoms with van der Waals surface area (Å²) in [6.45, 7) is 11.6. The lowest BCUT2D eigenvalue weighted by Crippen LogP contribution is -2.49. The Morgan fingerprint density at radius 1 is 0.175 bits per heavy atom. The van der Waals surface area contributed by atoms with Crippen LogP contribution in [0.1, 0.15) is 16.7 Å². The maximum Gasteiger partial charge on any atom is 0.113 e.